The molecule has 5 heteroatoms. The maximum Gasteiger partial charge on any atom is 0.262 e. The van der Waals surface area contributed by atoms with Gasteiger partial charge in [-0.25, -0.2) is 0 Å². The highest BCUT2D eigenvalue weighted by Crippen LogP contribution is 2.24. The van der Waals surface area contributed by atoms with Crippen LogP contribution in [0.4, 0.5) is 5.69 Å². The van der Waals surface area contributed by atoms with Crippen molar-refractivity contribution in [2.75, 3.05) is 11.9 Å². The zero-order valence-electron chi connectivity index (χ0n) is 13.3. The summed E-state index contributed by atoms with van der Waals surface area (Å²) in [4.78, 5) is 22.9. The van der Waals surface area contributed by atoms with Gasteiger partial charge in [-0.1, -0.05) is 11.6 Å². The molecule has 120 valence electrons. The highest BCUT2D eigenvalue weighted by molar-refractivity contribution is 6.30. The van der Waals surface area contributed by atoms with E-state index < -0.39 is 0 Å². The molecule has 0 saturated carbocycles. The minimum Gasteiger partial charge on any atom is -0.483 e. The minimum atomic E-state index is -0.256. The number of rotatable bonds is 5. The van der Waals surface area contributed by atoms with Crippen molar-refractivity contribution in [2.45, 2.75) is 20.8 Å². The van der Waals surface area contributed by atoms with Crippen LogP contribution in [0.15, 0.2) is 30.3 Å². The van der Waals surface area contributed by atoms with Gasteiger partial charge in [-0.2, -0.15) is 0 Å². The molecule has 0 aliphatic carbocycles. The monoisotopic (exact) mass is 331 g/mol. The third kappa shape index (κ3) is 4.33. The number of nitrogens with one attached hydrogen (secondary N) is 1. The average Bonchev–Trinajstić information content (AvgIpc) is 2.49. The fourth-order valence-electron chi connectivity index (χ4n) is 2.37. The molecular weight excluding hydrogens is 314 g/mol. The molecule has 0 radical (unpaired) electrons. The fraction of sp³-hybridized carbons (Fsp3) is 0.222. The van der Waals surface area contributed by atoms with Crippen molar-refractivity contribution in [3.05, 3.63) is 57.6 Å². The fourth-order valence-corrected chi connectivity index (χ4v) is 2.60. The minimum absolute atomic E-state index is 0.107. The SMILES string of the molecule is Cc1cc(Cl)ccc1NC(=O)COc1c(C)cc(C=O)cc1C. The molecule has 0 fully saturated rings. The Kier molecular flexibility index (Phi) is 5.40. The Balaban J connectivity index is 2.03. The number of hydrogen-bond donors (Lipinski definition) is 1. The quantitative estimate of drug-likeness (QED) is 0.839. The first-order valence-electron chi connectivity index (χ1n) is 7.16. The van der Waals surface area contributed by atoms with Crippen LogP contribution in [0.1, 0.15) is 27.0 Å². The van der Waals surface area contributed by atoms with Gasteiger partial charge in [0.05, 0.1) is 0 Å². The van der Waals surface area contributed by atoms with Crippen molar-refractivity contribution in [2.24, 2.45) is 0 Å². The van der Waals surface area contributed by atoms with E-state index in [9.17, 15) is 9.59 Å². The number of ether oxygens (including phenoxy) is 1. The number of halogens is 1. The van der Waals surface area contributed by atoms with Crippen molar-refractivity contribution in [1.82, 2.24) is 0 Å². The Hall–Kier alpha value is -2.33. The van der Waals surface area contributed by atoms with Crippen LogP contribution in [0.2, 0.25) is 5.02 Å². The maximum absolute atomic E-state index is 12.0. The van der Waals surface area contributed by atoms with E-state index in [2.05, 4.69) is 5.32 Å². The number of hydrogen-bond acceptors (Lipinski definition) is 3. The van der Waals surface area contributed by atoms with Crippen LogP contribution < -0.4 is 10.1 Å². The number of aldehydes is 1. The van der Waals surface area contributed by atoms with Gasteiger partial charge in [0.15, 0.2) is 6.61 Å². The maximum atomic E-state index is 12.0. The van der Waals surface area contributed by atoms with Gasteiger partial charge in [0, 0.05) is 16.3 Å². The summed E-state index contributed by atoms with van der Waals surface area (Å²) < 4.78 is 5.61. The molecule has 0 aliphatic heterocycles. The second-order valence-corrected chi connectivity index (χ2v) is 5.83. The van der Waals surface area contributed by atoms with Crippen molar-refractivity contribution in [3.63, 3.8) is 0 Å². The third-order valence-corrected chi connectivity index (χ3v) is 3.66. The van der Waals surface area contributed by atoms with E-state index in [0.717, 1.165) is 23.0 Å². The van der Waals surface area contributed by atoms with Crippen LogP contribution >= 0.6 is 11.6 Å². The highest BCUT2D eigenvalue weighted by Gasteiger charge is 2.10. The molecule has 1 amide bonds. The number of anilines is 1. The molecule has 0 heterocycles. The van der Waals surface area contributed by atoms with Crippen LogP contribution in [0.25, 0.3) is 0 Å². The number of carbonyl (C=O) groups excluding carboxylic acids is 2. The number of carbonyl (C=O) groups is 2. The molecule has 0 unspecified atom stereocenters. The van der Waals surface area contributed by atoms with Crippen LogP contribution in [-0.4, -0.2) is 18.8 Å². The molecule has 1 N–H and O–H groups in total. The highest BCUT2D eigenvalue weighted by atomic mass is 35.5. The molecule has 0 saturated heterocycles. The van der Waals surface area contributed by atoms with E-state index in [-0.39, 0.29) is 12.5 Å². The summed E-state index contributed by atoms with van der Waals surface area (Å²) in [5.41, 5.74) is 3.82. The molecule has 2 aromatic rings. The van der Waals surface area contributed by atoms with Gasteiger partial charge in [0.1, 0.15) is 12.0 Å². The zero-order valence-corrected chi connectivity index (χ0v) is 14.0. The van der Waals surface area contributed by atoms with Crippen LogP contribution in [-0.2, 0) is 4.79 Å². The van der Waals surface area contributed by atoms with Crippen LogP contribution in [0, 0.1) is 20.8 Å². The van der Waals surface area contributed by atoms with E-state index in [1.165, 1.54) is 0 Å². The van der Waals surface area contributed by atoms with E-state index >= 15 is 0 Å². The molecule has 23 heavy (non-hydrogen) atoms. The standard InChI is InChI=1S/C18H18ClNO3/c1-11-8-15(19)4-5-16(11)20-17(22)10-23-18-12(2)6-14(9-21)7-13(18)3/h4-9H,10H2,1-3H3,(H,20,22). The Morgan fingerprint density at radius 1 is 1.13 bits per heavy atom. The Morgan fingerprint density at radius 2 is 1.78 bits per heavy atom. The van der Waals surface area contributed by atoms with Crippen molar-refractivity contribution < 1.29 is 14.3 Å². The summed E-state index contributed by atoms with van der Waals surface area (Å²) in [5, 5.41) is 3.41. The first-order valence-corrected chi connectivity index (χ1v) is 7.53. The number of aryl methyl sites for hydroxylation is 3. The van der Waals surface area contributed by atoms with Gasteiger partial charge in [-0.05, 0) is 67.8 Å². The molecule has 4 nitrogen and oxygen atoms in total. The Labute approximate surface area is 140 Å². The summed E-state index contributed by atoms with van der Waals surface area (Å²) >= 11 is 5.89. The largest absolute Gasteiger partial charge is 0.483 e. The molecule has 0 aromatic heterocycles. The van der Waals surface area contributed by atoms with Gasteiger partial charge in [-0.3, -0.25) is 9.59 Å². The summed E-state index contributed by atoms with van der Waals surface area (Å²) in [7, 11) is 0. The van der Waals surface area contributed by atoms with Gasteiger partial charge < -0.3 is 10.1 Å². The lowest BCUT2D eigenvalue weighted by Gasteiger charge is -2.13. The number of benzene rings is 2. The smallest absolute Gasteiger partial charge is 0.262 e. The van der Waals surface area contributed by atoms with Gasteiger partial charge >= 0.3 is 0 Å². The van der Waals surface area contributed by atoms with Gasteiger partial charge in [0.2, 0.25) is 0 Å². The Morgan fingerprint density at radius 3 is 2.35 bits per heavy atom. The summed E-state index contributed by atoms with van der Waals surface area (Å²) in [5.74, 6) is 0.368. The van der Waals surface area contributed by atoms with Gasteiger partial charge in [-0.15, -0.1) is 0 Å². The molecule has 2 rings (SSSR count). The second-order valence-electron chi connectivity index (χ2n) is 5.40. The lowest BCUT2D eigenvalue weighted by molar-refractivity contribution is -0.118. The topological polar surface area (TPSA) is 55.4 Å². The van der Waals surface area contributed by atoms with Crippen LogP contribution in [0.3, 0.4) is 0 Å². The van der Waals surface area contributed by atoms with Crippen molar-refractivity contribution in [3.8, 4) is 5.75 Å². The zero-order chi connectivity index (χ0) is 17.0. The normalized spacial score (nSPS) is 10.3. The summed E-state index contributed by atoms with van der Waals surface area (Å²) in [6.45, 7) is 5.45. The summed E-state index contributed by atoms with van der Waals surface area (Å²) in [6.07, 6.45) is 0.791. The molecule has 0 bridgehead atoms. The second kappa shape index (κ2) is 7.29. The first-order chi connectivity index (χ1) is 10.9. The lowest BCUT2D eigenvalue weighted by atomic mass is 10.1. The molecule has 0 atom stereocenters. The van der Waals surface area contributed by atoms with E-state index in [1.807, 2.05) is 20.8 Å². The van der Waals surface area contributed by atoms with E-state index in [0.29, 0.717) is 22.0 Å². The van der Waals surface area contributed by atoms with Crippen molar-refractivity contribution in [1.29, 1.82) is 0 Å². The molecule has 0 aliphatic rings. The van der Waals surface area contributed by atoms with Crippen molar-refractivity contribution >= 4 is 29.5 Å². The first kappa shape index (κ1) is 17.0. The average molecular weight is 332 g/mol. The predicted octanol–water partition coefficient (Wildman–Crippen LogP) is 4.10. The van der Waals surface area contributed by atoms with Crippen LogP contribution in [0.5, 0.6) is 5.75 Å². The van der Waals surface area contributed by atoms with E-state index in [4.69, 9.17) is 16.3 Å². The summed E-state index contributed by atoms with van der Waals surface area (Å²) in [6, 6.07) is 8.72. The third-order valence-electron chi connectivity index (χ3n) is 3.43. The molecular formula is C18H18ClNO3. The molecule has 2 aromatic carbocycles. The van der Waals surface area contributed by atoms with E-state index in [1.54, 1.807) is 30.3 Å². The lowest BCUT2D eigenvalue weighted by Crippen LogP contribution is -2.21. The number of amides is 1. The predicted molar refractivity (Wildman–Crippen MR) is 91.6 cm³/mol. The van der Waals surface area contributed by atoms with Gasteiger partial charge in [0.25, 0.3) is 5.91 Å². The Bertz CT molecular complexity index is 733. The molecule has 0 spiro atoms.